The number of rotatable bonds is 13. The molecule has 0 atom stereocenters. The van der Waals surface area contributed by atoms with Crippen LogP contribution in [0.25, 0.3) is 22.4 Å². The lowest BCUT2D eigenvalue weighted by Crippen LogP contribution is -2.49. The molecule has 14 nitrogen and oxygen atoms in total. The normalized spacial score (nSPS) is 14.8. The summed E-state index contributed by atoms with van der Waals surface area (Å²) in [6.07, 6.45) is 2.70. The Labute approximate surface area is 237 Å². The summed E-state index contributed by atoms with van der Waals surface area (Å²) in [5, 5.41) is 9.53. The van der Waals surface area contributed by atoms with Crippen LogP contribution in [0.5, 0.6) is 5.75 Å². The van der Waals surface area contributed by atoms with Gasteiger partial charge in [-0.15, -0.1) is 10.1 Å². The van der Waals surface area contributed by atoms with Crippen molar-refractivity contribution in [2.45, 2.75) is 38.0 Å². The molecular formula is C26H34N6O8S. The van der Waals surface area contributed by atoms with Crippen LogP contribution in [0.3, 0.4) is 0 Å². The second-order valence-corrected chi connectivity index (χ2v) is 11.6. The van der Waals surface area contributed by atoms with Crippen LogP contribution < -0.4 is 10.3 Å². The first-order valence-corrected chi connectivity index (χ1v) is 14.9. The van der Waals surface area contributed by atoms with Crippen molar-refractivity contribution in [3.63, 3.8) is 0 Å². The van der Waals surface area contributed by atoms with Gasteiger partial charge in [0.15, 0.2) is 6.29 Å². The Hall–Kier alpha value is -3.82. The van der Waals surface area contributed by atoms with E-state index in [-0.39, 0.29) is 35.9 Å². The number of hydrogen-bond donors (Lipinski definition) is 1. The molecule has 0 bridgehead atoms. The largest absolute Gasteiger partial charge is 0.493 e. The summed E-state index contributed by atoms with van der Waals surface area (Å²) >= 11 is 0. The van der Waals surface area contributed by atoms with E-state index in [0.29, 0.717) is 73.5 Å². The second-order valence-electron chi connectivity index (χ2n) is 9.71. The van der Waals surface area contributed by atoms with Crippen LogP contribution in [0.1, 0.15) is 42.7 Å². The molecule has 1 N–H and O–H groups in total. The summed E-state index contributed by atoms with van der Waals surface area (Å²) in [7, 11) is -2.28. The quantitative estimate of drug-likeness (QED) is 0.176. The van der Waals surface area contributed by atoms with Gasteiger partial charge in [0.1, 0.15) is 29.2 Å². The van der Waals surface area contributed by atoms with Crippen LogP contribution in [-0.2, 0) is 28.3 Å². The molecule has 1 aromatic carbocycles. The van der Waals surface area contributed by atoms with Gasteiger partial charge in [0.25, 0.3) is 10.6 Å². The number of carbonyl (C=O) groups is 1. The maximum absolute atomic E-state index is 13.6. The third-order valence-electron chi connectivity index (χ3n) is 7.04. The Balaban J connectivity index is 1.72. The fourth-order valence-corrected chi connectivity index (χ4v) is 6.44. The zero-order valence-electron chi connectivity index (χ0n) is 23.3. The number of hydrogen-bond acceptors (Lipinski definition) is 10. The molecule has 0 saturated carbocycles. The van der Waals surface area contributed by atoms with Crippen molar-refractivity contribution in [3.8, 4) is 17.1 Å². The van der Waals surface area contributed by atoms with Crippen molar-refractivity contribution in [1.82, 2.24) is 23.7 Å². The zero-order chi connectivity index (χ0) is 29.7. The van der Waals surface area contributed by atoms with Crippen LogP contribution in [0.2, 0.25) is 0 Å². The number of nitrogens with one attached hydrogen (secondary N) is 1. The number of sulfonamides is 1. The Bertz CT molecular complexity index is 1590. The third-order valence-corrected chi connectivity index (χ3v) is 8.93. The van der Waals surface area contributed by atoms with Crippen molar-refractivity contribution in [2.75, 3.05) is 45.9 Å². The van der Waals surface area contributed by atoms with E-state index in [0.717, 1.165) is 6.42 Å². The van der Waals surface area contributed by atoms with Crippen molar-refractivity contribution < 1.29 is 27.9 Å². The number of piperazine rings is 1. The van der Waals surface area contributed by atoms with Gasteiger partial charge in [-0.05, 0) is 31.0 Å². The second kappa shape index (κ2) is 12.8. The highest BCUT2D eigenvalue weighted by molar-refractivity contribution is 7.89. The first kappa shape index (κ1) is 30.1. The van der Waals surface area contributed by atoms with Crippen molar-refractivity contribution in [3.05, 3.63) is 49.9 Å². The molecule has 15 heteroatoms. The van der Waals surface area contributed by atoms with Gasteiger partial charge in [-0.25, -0.2) is 13.4 Å². The molecule has 4 rings (SSSR count). The molecule has 1 aliphatic heterocycles. The van der Waals surface area contributed by atoms with Crippen molar-refractivity contribution >= 4 is 27.3 Å². The SMILES string of the molecule is CCCOc1ccc(S(=O)(=O)N2CCN(CCO[N+](=O)[O-])CC2)cc1-c1nc2c(CCC)c(C=O)n(C)c2c(=O)[nH]1. The molecule has 3 heterocycles. The lowest BCUT2D eigenvalue weighted by molar-refractivity contribution is -0.757. The number of aryl methyl sites for hydroxylation is 2. The first-order valence-electron chi connectivity index (χ1n) is 13.5. The van der Waals surface area contributed by atoms with Crippen molar-refractivity contribution in [2.24, 2.45) is 7.05 Å². The summed E-state index contributed by atoms with van der Waals surface area (Å²) in [5.41, 5.74) is 1.55. The van der Waals surface area contributed by atoms with Gasteiger partial charge in [-0.1, -0.05) is 20.3 Å². The first-order chi connectivity index (χ1) is 19.6. The smallest absolute Gasteiger partial charge is 0.294 e. The molecule has 0 radical (unpaired) electrons. The van der Waals surface area contributed by atoms with Crippen molar-refractivity contribution in [1.29, 1.82) is 0 Å². The summed E-state index contributed by atoms with van der Waals surface area (Å²) in [4.78, 5) is 49.2. The maximum Gasteiger partial charge on any atom is 0.294 e. The van der Waals surface area contributed by atoms with Crippen LogP contribution in [-0.4, -0.2) is 89.5 Å². The van der Waals surface area contributed by atoms with Gasteiger partial charge in [-0.2, -0.15) is 4.31 Å². The molecule has 0 amide bonds. The number of fused-ring (bicyclic) bond motifs is 1. The average Bonchev–Trinajstić information content (AvgIpc) is 3.22. The standard InChI is InChI=1S/C26H34N6O8S/c1-4-6-19-21(17-33)29(3)24-23(19)27-25(28-26(24)34)20-16-18(7-8-22(20)39-14-5-2)41(37,38)31-11-9-30(10-12-31)13-15-40-32(35)36/h7-8,16-17H,4-6,9-15H2,1-3H3,(H,27,28,34). The molecule has 41 heavy (non-hydrogen) atoms. The van der Waals surface area contributed by atoms with E-state index in [1.165, 1.54) is 21.0 Å². The number of aromatic nitrogens is 3. The monoisotopic (exact) mass is 590 g/mol. The van der Waals surface area contributed by atoms with E-state index < -0.39 is 20.7 Å². The highest BCUT2D eigenvalue weighted by atomic mass is 32.2. The van der Waals surface area contributed by atoms with Gasteiger partial charge in [0.2, 0.25) is 10.0 Å². The molecule has 2 aromatic heterocycles. The molecule has 0 unspecified atom stereocenters. The molecular weight excluding hydrogens is 556 g/mol. The van der Waals surface area contributed by atoms with E-state index in [1.54, 1.807) is 13.1 Å². The fourth-order valence-electron chi connectivity index (χ4n) is 4.99. The lowest BCUT2D eigenvalue weighted by atomic mass is 10.1. The number of nitrogens with zero attached hydrogens (tertiary/aromatic N) is 5. The van der Waals surface area contributed by atoms with E-state index in [4.69, 9.17) is 9.72 Å². The van der Waals surface area contributed by atoms with Gasteiger partial charge in [0.05, 0.1) is 22.8 Å². The maximum atomic E-state index is 13.6. The van der Waals surface area contributed by atoms with Gasteiger partial charge < -0.3 is 19.1 Å². The third kappa shape index (κ3) is 6.26. The molecule has 0 spiro atoms. The zero-order valence-corrected chi connectivity index (χ0v) is 24.1. The highest BCUT2D eigenvalue weighted by Crippen LogP contribution is 2.33. The van der Waals surface area contributed by atoms with Gasteiger partial charge in [0, 0.05) is 45.3 Å². The molecule has 1 aliphatic rings. The predicted molar refractivity (Wildman–Crippen MR) is 150 cm³/mol. The molecule has 1 saturated heterocycles. The highest BCUT2D eigenvalue weighted by Gasteiger charge is 2.30. The van der Waals surface area contributed by atoms with E-state index in [9.17, 15) is 28.1 Å². The average molecular weight is 591 g/mol. The number of ether oxygens (including phenoxy) is 1. The number of aromatic amines is 1. The Morgan fingerprint density at radius 1 is 1.15 bits per heavy atom. The summed E-state index contributed by atoms with van der Waals surface area (Å²) < 4.78 is 36.0. The summed E-state index contributed by atoms with van der Waals surface area (Å²) in [6.45, 7) is 5.68. The van der Waals surface area contributed by atoms with Crippen LogP contribution in [0.15, 0.2) is 27.9 Å². The molecule has 1 fully saturated rings. The minimum Gasteiger partial charge on any atom is -0.493 e. The van der Waals surface area contributed by atoms with Gasteiger partial charge in [-0.3, -0.25) is 14.5 Å². The minimum atomic E-state index is -3.92. The fraction of sp³-hybridized carbons (Fsp3) is 0.500. The van der Waals surface area contributed by atoms with E-state index in [1.807, 2.05) is 18.7 Å². The van der Waals surface area contributed by atoms with Crippen LogP contribution in [0, 0.1) is 10.1 Å². The minimum absolute atomic E-state index is 0.0136. The Morgan fingerprint density at radius 3 is 2.51 bits per heavy atom. The van der Waals surface area contributed by atoms with Crippen LogP contribution >= 0.6 is 0 Å². The van der Waals surface area contributed by atoms with E-state index >= 15 is 0 Å². The Kier molecular flexibility index (Phi) is 9.40. The molecule has 222 valence electrons. The predicted octanol–water partition coefficient (Wildman–Crippen LogP) is 2.00. The number of aldehydes is 1. The lowest BCUT2D eigenvalue weighted by Gasteiger charge is -2.33. The van der Waals surface area contributed by atoms with E-state index in [2.05, 4.69) is 9.82 Å². The molecule has 0 aliphatic carbocycles. The molecule has 3 aromatic rings. The van der Waals surface area contributed by atoms with Gasteiger partial charge >= 0.3 is 0 Å². The number of carbonyl (C=O) groups excluding carboxylic acids is 1. The summed E-state index contributed by atoms with van der Waals surface area (Å²) in [6, 6.07) is 4.47. The number of benzene rings is 1. The van der Waals surface area contributed by atoms with Crippen LogP contribution in [0.4, 0.5) is 0 Å². The topological polar surface area (TPSA) is 170 Å². The number of H-pyrrole nitrogens is 1. The summed E-state index contributed by atoms with van der Waals surface area (Å²) in [5.74, 6) is 0.508. The Morgan fingerprint density at radius 2 is 1.88 bits per heavy atom.